The molecule has 0 fully saturated rings. The predicted octanol–water partition coefficient (Wildman–Crippen LogP) is 2.16. The molecule has 7 heteroatoms. The minimum atomic E-state index is 0.639. The number of anilines is 1. The molecule has 3 aromatic heterocycles. The fraction of sp³-hybridized carbons (Fsp3) is 0.125. The second kappa shape index (κ2) is 5.20. The van der Waals surface area contributed by atoms with Crippen molar-refractivity contribution in [1.29, 1.82) is 0 Å². The van der Waals surface area contributed by atoms with E-state index in [0.717, 1.165) is 39.4 Å². The molecule has 0 aliphatic heterocycles. The molecular formula is C16H15N7. The number of nitrogens with one attached hydrogen (secondary N) is 1. The third kappa shape index (κ3) is 2.32. The lowest BCUT2D eigenvalue weighted by Crippen LogP contribution is -2.04. The van der Waals surface area contributed by atoms with Crippen molar-refractivity contribution in [1.82, 2.24) is 29.9 Å². The maximum Gasteiger partial charge on any atom is 0.141 e. The number of hydrogen-bond acceptors (Lipinski definition) is 5. The summed E-state index contributed by atoms with van der Waals surface area (Å²) in [7, 11) is 0. The second-order valence-electron chi connectivity index (χ2n) is 5.38. The largest absolute Gasteiger partial charge is 0.399 e. The fourth-order valence-corrected chi connectivity index (χ4v) is 2.59. The Bertz CT molecular complexity index is 966. The second-order valence-corrected chi connectivity index (χ2v) is 5.38. The number of rotatable bonds is 3. The van der Waals surface area contributed by atoms with Crippen LogP contribution in [0.3, 0.4) is 0 Å². The van der Waals surface area contributed by atoms with Crippen LogP contribution in [0.2, 0.25) is 0 Å². The summed E-state index contributed by atoms with van der Waals surface area (Å²) >= 11 is 0. The highest BCUT2D eigenvalue weighted by Gasteiger charge is 2.15. The average Bonchev–Trinajstić information content (AvgIpc) is 3.17. The van der Waals surface area contributed by atoms with E-state index in [-0.39, 0.29) is 0 Å². The van der Waals surface area contributed by atoms with Crippen LogP contribution < -0.4 is 5.73 Å². The number of fused-ring (bicyclic) bond motifs is 1. The number of nitrogens with zero attached hydrogens (tertiary/aromatic N) is 5. The molecule has 0 spiro atoms. The van der Waals surface area contributed by atoms with Gasteiger partial charge in [-0.1, -0.05) is 17.3 Å². The topological polar surface area (TPSA) is 98.3 Å². The van der Waals surface area contributed by atoms with Gasteiger partial charge in [0, 0.05) is 17.3 Å². The summed E-state index contributed by atoms with van der Waals surface area (Å²) in [6.07, 6.45) is 3.38. The molecule has 0 saturated carbocycles. The van der Waals surface area contributed by atoms with Gasteiger partial charge in [-0.25, -0.2) is 14.6 Å². The molecule has 4 aromatic rings. The molecule has 0 bridgehead atoms. The minimum absolute atomic E-state index is 0.639. The molecular weight excluding hydrogens is 290 g/mol. The molecule has 0 unspecified atom stereocenters. The van der Waals surface area contributed by atoms with E-state index in [4.69, 9.17) is 5.73 Å². The first kappa shape index (κ1) is 13.4. The zero-order valence-corrected chi connectivity index (χ0v) is 12.6. The molecule has 114 valence electrons. The molecule has 23 heavy (non-hydrogen) atoms. The van der Waals surface area contributed by atoms with Gasteiger partial charge in [-0.3, -0.25) is 0 Å². The van der Waals surface area contributed by atoms with Crippen LogP contribution >= 0.6 is 0 Å². The van der Waals surface area contributed by atoms with Gasteiger partial charge < -0.3 is 10.7 Å². The van der Waals surface area contributed by atoms with E-state index in [1.807, 2.05) is 48.1 Å². The lowest BCUT2D eigenvalue weighted by Gasteiger charge is -2.05. The van der Waals surface area contributed by atoms with Crippen molar-refractivity contribution in [2.45, 2.75) is 13.5 Å². The van der Waals surface area contributed by atoms with Crippen LogP contribution in [0, 0.1) is 6.92 Å². The van der Waals surface area contributed by atoms with E-state index >= 15 is 0 Å². The van der Waals surface area contributed by atoms with Crippen LogP contribution in [-0.2, 0) is 6.54 Å². The molecule has 0 amide bonds. The van der Waals surface area contributed by atoms with Crippen molar-refractivity contribution in [3.8, 4) is 11.4 Å². The zero-order chi connectivity index (χ0) is 15.8. The Morgan fingerprint density at radius 2 is 1.91 bits per heavy atom. The number of H-pyrrole nitrogens is 1. The summed E-state index contributed by atoms with van der Waals surface area (Å²) < 4.78 is 1.86. The minimum Gasteiger partial charge on any atom is -0.399 e. The molecule has 0 aliphatic carbocycles. The van der Waals surface area contributed by atoms with E-state index in [2.05, 4.69) is 25.3 Å². The smallest absolute Gasteiger partial charge is 0.141 e. The lowest BCUT2D eigenvalue weighted by atomic mass is 10.2. The van der Waals surface area contributed by atoms with Crippen molar-refractivity contribution in [3.05, 3.63) is 54.1 Å². The number of benzene rings is 1. The van der Waals surface area contributed by atoms with Crippen molar-refractivity contribution < 1.29 is 0 Å². The highest BCUT2D eigenvalue weighted by Crippen LogP contribution is 2.25. The Labute approximate surface area is 132 Å². The summed E-state index contributed by atoms with van der Waals surface area (Å²) in [5.74, 6) is 0. The summed E-state index contributed by atoms with van der Waals surface area (Å²) in [6, 6.07) is 9.70. The summed E-state index contributed by atoms with van der Waals surface area (Å²) in [4.78, 5) is 11.7. The molecule has 0 radical (unpaired) electrons. The Hall–Kier alpha value is -3.22. The van der Waals surface area contributed by atoms with Gasteiger partial charge in [0.1, 0.15) is 23.4 Å². The third-order valence-corrected chi connectivity index (χ3v) is 3.87. The monoisotopic (exact) mass is 305 g/mol. The van der Waals surface area contributed by atoms with Gasteiger partial charge in [0.25, 0.3) is 0 Å². The molecule has 0 aliphatic rings. The standard InChI is InChI=1S/C16H15N7/c1-10-14(15-13-6-7-18-16(13)20-9-19-15)21-22-23(10)8-11-2-4-12(17)5-3-11/h2-7,9H,8,17H2,1H3,(H,18,19,20). The number of hydrogen-bond donors (Lipinski definition) is 2. The van der Waals surface area contributed by atoms with E-state index in [1.165, 1.54) is 6.33 Å². The third-order valence-electron chi connectivity index (χ3n) is 3.87. The Kier molecular flexibility index (Phi) is 3.04. The first-order valence-corrected chi connectivity index (χ1v) is 7.25. The molecule has 7 nitrogen and oxygen atoms in total. The van der Waals surface area contributed by atoms with E-state index in [0.29, 0.717) is 6.54 Å². The number of aromatic nitrogens is 6. The molecule has 4 rings (SSSR count). The van der Waals surface area contributed by atoms with Crippen LogP contribution in [0.4, 0.5) is 5.69 Å². The molecule has 3 N–H and O–H groups in total. The van der Waals surface area contributed by atoms with Gasteiger partial charge in [0.15, 0.2) is 0 Å². The predicted molar refractivity (Wildman–Crippen MR) is 87.6 cm³/mol. The van der Waals surface area contributed by atoms with Crippen molar-refractivity contribution in [3.63, 3.8) is 0 Å². The van der Waals surface area contributed by atoms with Gasteiger partial charge in [-0.05, 0) is 30.7 Å². The maximum absolute atomic E-state index is 5.72. The zero-order valence-electron chi connectivity index (χ0n) is 12.6. The normalized spacial score (nSPS) is 11.2. The van der Waals surface area contributed by atoms with Crippen LogP contribution in [0.25, 0.3) is 22.4 Å². The molecule has 3 heterocycles. The maximum atomic E-state index is 5.72. The Morgan fingerprint density at radius 1 is 1.09 bits per heavy atom. The van der Waals surface area contributed by atoms with Gasteiger partial charge in [-0.2, -0.15) is 0 Å². The fourth-order valence-electron chi connectivity index (χ4n) is 2.59. The van der Waals surface area contributed by atoms with Crippen LogP contribution in [0.1, 0.15) is 11.3 Å². The SMILES string of the molecule is Cc1c(-c2ncnc3[nH]ccc23)nnn1Cc1ccc(N)cc1. The average molecular weight is 305 g/mol. The Morgan fingerprint density at radius 3 is 2.74 bits per heavy atom. The number of nitrogen functional groups attached to an aromatic ring is 1. The highest BCUT2D eigenvalue weighted by molar-refractivity contribution is 5.89. The van der Waals surface area contributed by atoms with Crippen molar-refractivity contribution in [2.24, 2.45) is 0 Å². The number of aromatic amines is 1. The van der Waals surface area contributed by atoms with E-state index < -0.39 is 0 Å². The number of nitrogens with two attached hydrogens (primary N) is 1. The quantitative estimate of drug-likeness (QED) is 0.565. The van der Waals surface area contributed by atoms with Crippen LogP contribution in [0.5, 0.6) is 0 Å². The first-order valence-electron chi connectivity index (χ1n) is 7.25. The highest BCUT2D eigenvalue weighted by atomic mass is 15.4. The van der Waals surface area contributed by atoms with Gasteiger partial charge in [-0.15, -0.1) is 5.10 Å². The summed E-state index contributed by atoms with van der Waals surface area (Å²) in [5, 5.41) is 9.52. The van der Waals surface area contributed by atoms with E-state index in [1.54, 1.807) is 0 Å². The van der Waals surface area contributed by atoms with Crippen LogP contribution in [0.15, 0.2) is 42.9 Å². The lowest BCUT2D eigenvalue weighted by molar-refractivity contribution is 0.633. The van der Waals surface area contributed by atoms with E-state index in [9.17, 15) is 0 Å². The molecule has 0 saturated heterocycles. The molecule has 1 aromatic carbocycles. The van der Waals surface area contributed by atoms with Gasteiger partial charge in [0.2, 0.25) is 0 Å². The Balaban J connectivity index is 1.73. The molecule has 0 atom stereocenters. The van der Waals surface area contributed by atoms with Crippen molar-refractivity contribution in [2.75, 3.05) is 5.73 Å². The summed E-state index contributed by atoms with van der Waals surface area (Å²) in [5.41, 5.74) is 10.9. The van der Waals surface area contributed by atoms with Gasteiger partial charge >= 0.3 is 0 Å². The van der Waals surface area contributed by atoms with Gasteiger partial charge in [0.05, 0.1) is 12.2 Å². The van der Waals surface area contributed by atoms with Crippen LogP contribution in [-0.4, -0.2) is 29.9 Å². The summed E-state index contributed by atoms with van der Waals surface area (Å²) in [6.45, 7) is 2.63. The first-order chi connectivity index (χ1) is 11.2. The van der Waals surface area contributed by atoms with Crippen molar-refractivity contribution >= 4 is 16.7 Å².